The van der Waals surface area contributed by atoms with Crippen LogP contribution in [0.3, 0.4) is 0 Å². The minimum Gasteiger partial charge on any atom is -0.384 e. The second-order valence-electron chi connectivity index (χ2n) is 7.29. The number of carbonyl (C=O) groups excluding carboxylic acids is 2. The Morgan fingerprint density at radius 1 is 1.36 bits per heavy atom. The molecule has 3 heterocycles. The van der Waals surface area contributed by atoms with Gasteiger partial charge in [0.1, 0.15) is 0 Å². The fourth-order valence-corrected chi connectivity index (χ4v) is 3.72. The quantitative estimate of drug-likeness (QED) is 0.590. The Bertz CT molecular complexity index is 692. The first-order valence-electron chi connectivity index (χ1n) is 9.81. The minimum absolute atomic E-state index is 0.0374. The van der Waals surface area contributed by atoms with Gasteiger partial charge in [-0.2, -0.15) is 4.98 Å². The molecule has 1 atom stereocenters. The standard InChI is InChI=1S/C19H29N5O4/c1-3-6-24-13-15(12-18(24)25)19(26)23-8-4-7-22(9-10-23)14-17-20-16(21-28-17)5-11-27-2/h3,15H,1,4-14H2,2H3. The Hall–Kier alpha value is -2.26. The predicted molar refractivity (Wildman–Crippen MR) is 101 cm³/mol. The Balaban J connectivity index is 1.49. The maximum atomic E-state index is 12.9. The van der Waals surface area contributed by atoms with Gasteiger partial charge >= 0.3 is 0 Å². The molecular weight excluding hydrogens is 362 g/mol. The van der Waals surface area contributed by atoms with Gasteiger partial charge in [-0.3, -0.25) is 14.5 Å². The van der Waals surface area contributed by atoms with Gasteiger partial charge in [0.25, 0.3) is 0 Å². The average molecular weight is 391 g/mol. The molecule has 0 bridgehead atoms. The second-order valence-corrected chi connectivity index (χ2v) is 7.29. The van der Waals surface area contributed by atoms with Crippen molar-refractivity contribution in [1.29, 1.82) is 0 Å². The van der Waals surface area contributed by atoms with Crippen LogP contribution in [0.5, 0.6) is 0 Å². The lowest BCUT2D eigenvalue weighted by molar-refractivity contribution is -0.135. The predicted octanol–water partition coefficient (Wildman–Crippen LogP) is 0.327. The highest BCUT2D eigenvalue weighted by molar-refractivity contribution is 5.89. The van der Waals surface area contributed by atoms with E-state index in [0.717, 1.165) is 19.5 Å². The zero-order valence-electron chi connectivity index (χ0n) is 16.5. The molecule has 2 aliphatic heterocycles. The van der Waals surface area contributed by atoms with E-state index in [1.807, 2.05) is 4.90 Å². The number of rotatable bonds is 8. The first kappa shape index (κ1) is 20.5. The third-order valence-electron chi connectivity index (χ3n) is 5.21. The lowest BCUT2D eigenvalue weighted by Gasteiger charge is -2.24. The number of hydrogen-bond donors (Lipinski definition) is 0. The highest BCUT2D eigenvalue weighted by atomic mass is 16.5. The first-order chi connectivity index (χ1) is 13.6. The van der Waals surface area contributed by atoms with Gasteiger partial charge in [-0.25, -0.2) is 0 Å². The average Bonchev–Trinajstić information content (AvgIpc) is 3.20. The summed E-state index contributed by atoms with van der Waals surface area (Å²) in [6.45, 7) is 8.79. The highest BCUT2D eigenvalue weighted by Gasteiger charge is 2.36. The summed E-state index contributed by atoms with van der Waals surface area (Å²) >= 11 is 0. The summed E-state index contributed by atoms with van der Waals surface area (Å²) in [6, 6.07) is 0. The normalized spacial score (nSPS) is 21.2. The zero-order chi connectivity index (χ0) is 19.9. The number of aromatic nitrogens is 2. The lowest BCUT2D eigenvalue weighted by atomic mass is 10.1. The van der Waals surface area contributed by atoms with E-state index in [0.29, 0.717) is 63.9 Å². The maximum Gasteiger partial charge on any atom is 0.240 e. The molecule has 0 saturated carbocycles. The molecule has 0 radical (unpaired) electrons. The number of hydrogen-bond acceptors (Lipinski definition) is 7. The Morgan fingerprint density at radius 2 is 2.21 bits per heavy atom. The molecule has 3 rings (SSSR count). The topological polar surface area (TPSA) is 92.0 Å². The molecule has 2 fully saturated rings. The Morgan fingerprint density at radius 3 is 3.00 bits per heavy atom. The van der Waals surface area contributed by atoms with Crippen molar-refractivity contribution in [2.45, 2.75) is 25.8 Å². The molecule has 2 amide bonds. The van der Waals surface area contributed by atoms with Gasteiger partial charge < -0.3 is 19.1 Å². The molecule has 9 heteroatoms. The lowest BCUT2D eigenvalue weighted by Crippen LogP contribution is -2.39. The van der Waals surface area contributed by atoms with Gasteiger partial charge in [-0.1, -0.05) is 11.2 Å². The van der Waals surface area contributed by atoms with Crippen molar-refractivity contribution in [3.63, 3.8) is 0 Å². The van der Waals surface area contributed by atoms with Crippen LogP contribution in [0.15, 0.2) is 17.2 Å². The highest BCUT2D eigenvalue weighted by Crippen LogP contribution is 2.21. The van der Waals surface area contributed by atoms with E-state index in [1.165, 1.54) is 0 Å². The summed E-state index contributed by atoms with van der Waals surface area (Å²) in [6.07, 6.45) is 3.52. The molecule has 2 aliphatic rings. The van der Waals surface area contributed by atoms with Crippen LogP contribution >= 0.6 is 0 Å². The van der Waals surface area contributed by atoms with Crippen LogP contribution in [0.1, 0.15) is 24.6 Å². The van der Waals surface area contributed by atoms with Gasteiger partial charge in [0.2, 0.25) is 17.7 Å². The van der Waals surface area contributed by atoms with Crippen LogP contribution < -0.4 is 0 Å². The van der Waals surface area contributed by atoms with Crippen LogP contribution in [0.4, 0.5) is 0 Å². The molecule has 9 nitrogen and oxygen atoms in total. The van der Waals surface area contributed by atoms with Crippen molar-refractivity contribution >= 4 is 11.8 Å². The van der Waals surface area contributed by atoms with Gasteiger partial charge in [0.05, 0.1) is 19.1 Å². The van der Waals surface area contributed by atoms with Gasteiger partial charge in [-0.05, 0) is 6.42 Å². The molecular formula is C19H29N5O4. The van der Waals surface area contributed by atoms with Gasteiger partial charge in [0.15, 0.2) is 5.82 Å². The summed E-state index contributed by atoms with van der Waals surface area (Å²) in [5.74, 6) is 1.13. The molecule has 1 aromatic rings. The molecule has 2 saturated heterocycles. The van der Waals surface area contributed by atoms with E-state index in [4.69, 9.17) is 9.26 Å². The summed E-state index contributed by atoms with van der Waals surface area (Å²) < 4.78 is 10.3. The Kier molecular flexibility index (Phi) is 7.16. The van der Waals surface area contributed by atoms with E-state index >= 15 is 0 Å². The van der Waals surface area contributed by atoms with Crippen LogP contribution in [0, 0.1) is 5.92 Å². The fourth-order valence-electron chi connectivity index (χ4n) is 3.72. The summed E-state index contributed by atoms with van der Waals surface area (Å²) in [5.41, 5.74) is 0. The van der Waals surface area contributed by atoms with Crippen LogP contribution in [0.2, 0.25) is 0 Å². The van der Waals surface area contributed by atoms with Crippen molar-refractivity contribution < 1.29 is 18.8 Å². The summed E-state index contributed by atoms with van der Waals surface area (Å²) in [7, 11) is 1.64. The molecule has 0 spiro atoms. The smallest absolute Gasteiger partial charge is 0.240 e. The molecule has 28 heavy (non-hydrogen) atoms. The van der Waals surface area contributed by atoms with Crippen LogP contribution in [-0.4, -0.2) is 89.6 Å². The van der Waals surface area contributed by atoms with E-state index in [2.05, 4.69) is 21.6 Å². The number of ether oxygens (including phenoxy) is 1. The minimum atomic E-state index is -0.238. The fraction of sp³-hybridized carbons (Fsp3) is 0.684. The summed E-state index contributed by atoms with van der Waals surface area (Å²) in [5, 5.41) is 3.97. The van der Waals surface area contributed by atoms with Gasteiger partial charge in [-0.15, -0.1) is 6.58 Å². The number of methoxy groups -OCH3 is 1. The SMILES string of the molecule is C=CCN1CC(C(=O)N2CCCN(Cc3nc(CCOC)no3)CC2)CC1=O. The largest absolute Gasteiger partial charge is 0.384 e. The molecule has 0 aliphatic carbocycles. The first-order valence-corrected chi connectivity index (χ1v) is 9.81. The third-order valence-corrected chi connectivity index (χ3v) is 5.21. The third kappa shape index (κ3) is 5.17. The molecule has 1 aromatic heterocycles. The molecule has 0 aromatic carbocycles. The van der Waals surface area contributed by atoms with Crippen LogP contribution in [0.25, 0.3) is 0 Å². The molecule has 154 valence electrons. The number of carbonyl (C=O) groups is 2. The van der Waals surface area contributed by atoms with Crippen molar-refractivity contribution in [2.75, 3.05) is 53.0 Å². The molecule has 0 N–H and O–H groups in total. The number of amides is 2. The number of nitrogens with zero attached hydrogens (tertiary/aromatic N) is 5. The van der Waals surface area contributed by atoms with E-state index in [9.17, 15) is 9.59 Å². The van der Waals surface area contributed by atoms with Crippen LogP contribution in [-0.2, 0) is 27.3 Å². The van der Waals surface area contributed by atoms with Gasteiger partial charge in [0, 0.05) is 59.2 Å². The van der Waals surface area contributed by atoms with Crippen molar-refractivity contribution in [2.24, 2.45) is 5.92 Å². The monoisotopic (exact) mass is 391 g/mol. The van der Waals surface area contributed by atoms with E-state index in [-0.39, 0.29) is 17.7 Å². The zero-order valence-corrected chi connectivity index (χ0v) is 16.5. The second kappa shape index (κ2) is 9.79. The van der Waals surface area contributed by atoms with E-state index in [1.54, 1.807) is 18.1 Å². The number of likely N-dealkylation sites (tertiary alicyclic amines) is 1. The van der Waals surface area contributed by atoms with Crippen molar-refractivity contribution in [3.05, 3.63) is 24.4 Å². The van der Waals surface area contributed by atoms with E-state index < -0.39 is 0 Å². The van der Waals surface area contributed by atoms with Crippen molar-refractivity contribution in [3.8, 4) is 0 Å². The Labute approximate surface area is 165 Å². The van der Waals surface area contributed by atoms with Crippen molar-refractivity contribution in [1.82, 2.24) is 24.8 Å². The summed E-state index contributed by atoms with van der Waals surface area (Å²) in [4.78, 5) is 35.1. The maximum absolute atomic E-state index is 12.9. The molecule has 1 unspecified atom stereocenters.